The summed E-state index contributed by atoms with van der Waals surface area (Å²) in [5.74, 6) is 0.823. The molecule has 0 saturated heterocycles. The number of aromatic nitrogens is 3. The van der Waals surface area contributed by atoms with Crippen LogP contribution in [0.3, 0.4) is 0 Å². The fourth-order valence-electron chi connectivity index (χ4n) is 4.34. The van der Waals surface area contributed by atoms with Crippen molar-refractivity contribution in [2.45, 2.75) is 33.2 Å². The third kappa shape index (κ3) is 4.57. The Balaban J connectivity index is 1.90. The lowest BCUT2D eigenvalue weighted by Crippen LogP contribution is -2.39. The summed E-state index contributed by atoms with van der Waals surface area (Å²) in [5, 5.41) is 14.1. The van der Waals surface area contributed by atoms with Crippen LogP contribution >= 0.6 is 0 Å². The zero-order chi connectivity index (χ0) is 24.4. The molecule has 0 aliphatic carbocycles. The highest BCUT2D eigenvalue weighted by Gasteiger charge is 2.19. The molecule has 2 N–H and O–H groups in total. The molecule has 0 aliphatic heterocycles. The number of amides is 1. The summed E-state index contributed by atoms with van der Waals surface area (Å²) in [6, 6.07) is 10.9. The van der Waals surface area contributed by atoms with Crippen LogP contribution in [-0.4, -0.2) is 38.4 Å². The van der Waals surface area contributed by atoms with Crippen LogP contribution in [0.4, 0.5) is 4.79 Å². The minimum atomic E-state index is -1.09. The largest absolute Gasteiger partial charge is 0.491 e. The molecule has 3 aromatic heterocycles. The maximum absolute atomic E-state index is 13.1. The SMILES string of the molecule is Cc1nccc2c1c(=O)n(C)c1cc(OCC(CC(C)C)NC(=O)O)c(-c3ccccn3)cc21. The first-order valence-corrected chi connectivity index (χ1v) is 11.2. The van der Waals surface area contributed by atoms with E-state index in [-0.39, 0.29) is 24.1 Å². The van der Waals surface area contributed by atoms with Gasteiger partial charge < -0.3 is 19.7 Å². The smallest absolute Gasteiger partial charge is 0.404 e. The fraction of sp³-hybridized carbons (Fsp3) is 0.308. The highest BCUT2D eigenvalue weighted by molar-refractivity contribution is 6.08. The molecule has 4 aromatic rings. The van der Waals surface area contributed by atoms with Gasteiger partial charge in [0.05, 0.1) is 28.3 Å². The van der Waals surface area contributed by atoms with Crippen LogP contribution in [-0.2, 0) is 7.05 Å². The molecule has 0 radical (unpaired) electrons. The van der Waals surface area contributed by atoms with Gasteiger partial charge in [-0.2, -0.15) is 0 Å². The van der Waals surface area contributed by atoms with Gasteiger partial charge in [0, 0.05) is 36.5 Å². The monoisotopic (exact) mass is 460 g/mol. The second-order valence-electron chi connectivity index (χ2n) is 8.85. The maximum atomic E-state index is 13.1. The van der Waals surface area contributed by atoms with Gasteiger partial charge in [0.1, 0.15) is 12.4 Å². The van der Waals surface area contributed by atoms with E-state index in [1.165, 1.54) is 0 Å². The Morgan fingerprint density at radius 2 is 1.94 bits per heavy atom. The van der Waals surface area contributed by atoms with Crippen molar-refractivity contribution < 1.29 is 14.6 Å². The molecule has 0 spiro atoms. The molecule has 8 nitrogen and oxygen atoms in total. The first-order valence-electron chi connectivity index (χ1n) is 11.2. The van der Waals surface area contributed by atoms with Gasteiger partial charge in [-0.3, -0.25) is 14.8 Å². The number of carbonyl (C=O) groups is 1. The van der Waals surface area contributed by atoms with Crippen molar-refractivity contribution in [1.82, 2.24) is 19.9 Å². The molecule has 1 unspecified atom stereocenters. The van der Waals surface area contributed by atoms with Crippen LogP contribution in [0.15, 0.2) is 53.6 Å². The Bertz CT molecular complexity index is 1410. The zero-order valence-electron chi connectivity index (χ0n) is 19.7. The third-order valence-corrected chi connectivity index (χ3v) is 5.87. The summed E-state index contributed by atoms with van der Waals surface area (Å²) in [7, 11) is 1.73. The number of rotatable bonds is 7. The number of fused-ring (bicyclic) bond motifs is 3. The topological polar surface area (TPSA) is 106 Å². The summed E-state index contributed by atoms with van der Waals surface area (Å²) in [5.41, 5.74) is 2.75. The molecular weight excluding hydrogens is 432 g/mol. The summed E-state index contributed by atoms with van der Waals surface area (Å²) in [6.45, 7) is 6.05. The lowest BCUT2D eigenvalue weighted by Gasteiger charge is -2.21. The van der Waals surface area contributed by atoms with E-state index in [0.717, 1.165) is 22.0 Å². The molecule has 0 saturated carbocycles. The van der Waals surface area contributed by atoms with Crippen molar-refractivity contribution in [2.24, 2.45) is 13.0 Å². The van der Waals surface area contributed by atoms with E-state index in [1.807, 2.05) is 57.2 Å². The lowest BCUT2D eigenvalue weighted by atomic mass is 10.0. The second-order valence-corrected chi connectivity index (χ2v) is 8.85. The Morgan fingerprint density at radius 1 is 1.15 bits per heavy atom. The number of pyridine rings is 3. The van der Waals surface area contributed by atoms with E-state index < -0.39 is 6.09 Å². The van der Waals surface area contributed by atoms with E-state index in [4.69, 9.17) is 4.74 Å². The first-order chi connectivity index (χ1) is 16.3. The van der Waals surface area contributed by atoms with E-state index >= 15 is 0 Å². The number of benzene rings is 1. The van der Waals surface area contributed by atoms with Gasteiger partial charge in [0.25, 0.3) is 5.56 Å². The van der Waals surface area contributed by atoms with Crippen molar-refractivity contribution in [2.75, 3.05) is 6.61 Å². The van der Waals surface area contributed by atoms with Gasteiger partial charge in [0.15, 0.2) is 0 Å². The number of aryl methyl sites for hydroxylation is 2. The molecule has 176 valence electrons. The Morgan fingerprint density at radius 3 is 2.62 bits per heavy atom. The van der Waals surface area contributed by atoms with Gasteiger partial charge in [-0.1, -0.05) is 19.9 Å². The molecule has 1 aromatic carbocycles. The van der Waals surface area contributed by atoms with Gasteiger partial charge in [0.2, 0.25) is 0 Å². The predicted molar refractivity (Wildman–Crippen MR) is 132 cm³/mol. The lowest BCUT2D eigenvalue weighted by molar-refractivity contribution is 0.177. The van der Waals surface area contributed by atoms with E-state index in [0.29, 0.717) is 28.8 Å². The highest BCUT2D eigenvalue weighted by atomic mass is 16.5. The van der Waals surface area contributed by atoms with Gasteiger partial charge in [-0.25, -0.2) is 4.79 Å². The number of carboxylic acid groups (broad SMARTS) is 1. The number of ether oxygens (including phenoxy) is 1. The molecule has 3 heterocycles. The van der Waals surface area contributed by atoms with Crippen molar-refractivity contribution in [3.05, 3.63) is 64.8 Å². The van der Waals surface area contributed by atoms with Crippen molar-refractivity contribution in [3.63, 3.8) is 0 Å². The highest BCUT2D eigenvalue weighted by Crippen LogP contribution is 2.35. The van der Waals surface area contributed by atoms with Crippen LogP contribution in [0, 0.1) is 12.8 Å². The molecule has 1 atom stereocenters. The Kier molecular flexibility index (Phi) is 6.49. The molecule has 0 aliphatic rings. The van der Waals surface area contributed by atoms with Crippen molar-refractivity contribution in [1.29, 1.82) is 0 Å². The summed E-state index contributed by atoms with van der Waals surface area (Å²) in [4.78, 5) is 33.2. The predicted octanol–water partition coefficient (Wildman–Crippen LogP) is 4.52. The average Bonchev–Trinajstić information content (AvgIpc) is 2.80. The summed E-state index contributed by atoms with van der Waals surface area (Å²) >= 11 is 0. The van der Waals surface area contributed by atoms with Crippen LogP contribution in [0.2, 0.25) is 0 Å². The molecular formula is C26H28N4O4. The molecule has 0 bridgehead atoms. The number of hydrogen-bond acceptors (Lipinski definition) is 5. The van der Waals surface area contributed by atoms with Crippen molar-refractivity contribution in [3.8, 4) is 17.0 Å². The van der Waals surface area contributed by atoms with Gasteiger partial charge >= 0.3 is 6.09 Å². The van der Waals surface area contributed by atoms with Gasteiger partial charge in [-0.05, 0) is 48.9 Å². The molecule has 0 fully saturated rings. The first kappa shape index (κ1) is 23.2. The normalized spacial score (nSPS) is 12.3. The molecule has 34 heavy (non-hydrogen) atoms. The molecule has 4 rings (SSSR count). The van der Waals surface area contributed by atoms with Crippen LogP contribution in [0.5, 0.6) is 5.75 Å². The third-order valence-electron chi connectivity index (χ3n) is 5.87. The fourth-order valence-corrected chi connectivity index (χ4v) is 4.34. The zero-order valence-corrected chi connectivity index (χ0v) is 19.7. The quantitative estimate of drug-likeness (QED) is 0.393. The molecule has 8 heteroatoms. The minimum Gasteiger partial charge on any atom is -0.491 e. The number of hydrogen-bond donors (Lipinski definition) is 2. The van der Waals surface area contributed by atoms with Crippen LogP contribution in [0.1, 0.15) is 26.0 Å². The number of nitrogens with one attached hydrogen (secondary N) is 1. The summed E-state index contributed by atoms with van der Waals surface area (Å²) < 4.78 is 7.80. The number of nitrogens with zero attached hydrogens (tertiary/aromatic N) is 3. The Hall–Kier alpha value is -3.94. The summed E-state index contributed by atoms with van der Waals surface area (Å²) in [6.07, 6.45) is 2.96. The maximum Gasteiger partial charge on any atom is 0.404 e. The minimum absolute atomic E-state index is 0.130. The van der Waals surface area contributed by atoms with Crippen LogP contribution in [0.25, 0.3) is 32.9 Å². The van der Waals surface area contributed by atoms with E-state index in [1.54, 1.807) is 24.0 Å². The standard InChI is InChI=1S/C26H28N4O4/c1-15(2)11-17(29-26(32)33)14-34-23-13-22-19(12-20(23)21-7-5-6-9-28-21)18-8-10-27-16(3)24(18)25(31)30(22)4/h5-10,12-13,15,17,29H,11,14H2,1-4H3,(H,32,33). The van der Waals surface area contributed by atoms with Gasteiger partial charge in [-0.15, -0.1) is 0 Å². The average molecular weight is 461 g/mol. The Labute approximate surface area is 197 Å². The second kappa shape index (κ2) is 9.51. The molecule has 1 amide bonds. The van der Waals surface area contributed by atoms with Crippen LogP contribution < -0.4 is 15.6 Å². The van der Waals surface area contributed by atoms with E-state index in [9.17, 15) is 14.7 Å². The van der Waals surface area contributed by atoms with E-state index in [2.05, 4.69) is 15.3 Å². The van der Waals surface area contributed by atoms with Crippen molar-refractivity contribution >= 4 is 27.8 Å².